The lowest BCUT2D eigenvalue weighted by atomic mass is 10.2. The molecule has 0 aromatic heterocycles. The van der Waals surface area contributed by atoms with E-state index >= 15 is 0 Å². The fraction of sp³-hybridized carbons (Fsp3) is 0.538. The van der Waals surface area contributed by atoms with Crippen LogP contribution in [-0.2, 0) is 30.3 Å². The predicted octanol–water partition coefficient (Wildman–Crippen LogP) is 2.49. The van der Waals surface area contributed by atoms with Crippen LogP contribution >= 0.6 is 15.9 Å². The zero-order valence-electron chi connectivity index (χ0n) is 11.9. The van der Waals surface area contributed by atoms with Crippen molar-refractivity contribution in [2.75, 3.05) is 41.7 Å². The summed E-state index contributed by atoms with van der Waals surface area (Å²) in [5.41, 5.74) is 0.988. The maximum atomic E-state index is 9.20. The number of methoxy groups -OCH3 is 3. The Bertz CT molecular complexity index is 344. The number of halogens is 1. The molecule has 1 aromatic carbocycles. The lowest BCUT2D eigenvalue weighted by Crippen LogP contribution is -1.98. The normalized spacial score (nSPS) is 10.0. The van der Waals surface area contributed by atoms with Gasteiger partial charge in [0.05, 0.1) is 11.1 Å². The maximum absolute atomic E-state index is 9.20. The Hall–Kier alpha value is -0.700. The van der Waals surface area contributed by atoms with Gasteiger partial charge in [-0.3, -0.25) is 0 Å². The molecule has 0 fully saturated rings. The van der Waals surface area contributed by atoms with Gasteiger partial charge in [0, 0.05) is 21.3 Å². The average Bonchev–Trinajstić information content (AvgIpc) is 2.44. The van der Waals surface area contributed by atoms with Crippen molar-refractivity contribution >= 4 is 15.9 Å². The summed E-state index contributed by atoms with van der Waals surface area (Å²) in [7, 11) is 4.71. The van der Waals surface area contributed by atoms with Gasteiger partial charge in [0.1, 0.15) is 26.1 Å². The summed E-state index contributed by atoms with van der Waals surface area (Å²) in [6.45, 7) is 1.35. The first-order valence-electron chi connectivity index (χ1n) is 5.75. The Balaban J connectivity index is 0.000000441. The van der Waals surface area contributed by atoms with Crippen LogP contribution in [-0.4, -0.2) is 46.8 Å². The number of hydrogen-bond donors (Lipinski definition) is 1. The SMILES string of the molecule is COCOCOC.COCOCc1ccc(O)c(Br)c1. The second-order valence-corrected chi connectivity index (χ2v) is 4.41. The van der Waals surface area contributed by atoms with Crippen LogP contribution in [0.25, 0.3) is 0 Å². The molecule has 0 aliphatic carbocycles. The van der Waals surface area contributed by atoms with Crippen LogP contribution in [0.5, 0.6) is 5.75 Å². The number of rotatable bonds is 8. The van der Waals surface area contributed by atoms with Crippen molar-refractivity contribution in [3.8, 4) is 5.75 Å². The van der Waals surface area contributed by atoms with E-state index in [9.17, 15) is 5.11 Å². The molecule has 0 radical (unpaired) electrons. The molecule has 1 N–H and O–H groups in total. The number of aromatic hydroxyl groups is 1. The minimum absolute atomic E-state index is 0.232. The van der Waals surface area contributed by atoms with Gasteiger partial charge in [0.25, 0.3) is 0 Å². The van der Waals surface area contributed by atoms with Gasteiger partial charge in [-0.15, -0.1) is 0 Å². The third-order valence-corrected chi connectivity index (χ3v) is 2.52. The van der Waals surface area contributed by atoms with E-state index in [0.717, 1.165) is 5.56 Å². The van der Waals surface area contributed by atoms with Crippen molar-refractivity contribution in [1.29, 1.82) is 0 Å². The summed E-state index contributed by atoms with van der Waals surface area (Å²) in [6.07, 6.45) is 0. The van der Waals surface area contributed by atoms with Gasteiger partial charge < -0.3 is 28.8 Å². The highest BCUT2D eigenvalue weighted by Crippen LogP contribution is 2.24. The van der Waals surface area contributed by atoms with Gasteiger partial charge in [0.2, 0.25) is 0 Å². The van der Waals surface area contributed by atoms with E-state index in [0.29, 0.717) is 24.7 Å². The van der Waals surface area contributed by atoms with Crippen molar-refractivity contribution in [2.45, 2.75) is 6.61 Å². The molecule has 0 aliphatic heterocycles. The van der Waals surface area contributed by atoms with Gasteiger partial charge in [-0.1, -0.05) is 6.07 Å². The second-order valence-electron chi connectivity index (χ2n) is 3.56. The molecular weight excluding hydrogens is 332 g/mol. The fourth-order valence-electron chi connectivity index (χ4n) is 1.08. The number of phenols is 1. The van der Waals surface area contributed by atoms with Crippen LogP contribution in [0.15, 0.2) is 22.7 Å². The van der Waals surface area contributed by atoms with Crippen LogP contribution < -0.4 is 0 Å². The van der Waals surface area contributed by atoms with E-state index in [1.165, 1.54) is 0 Å². The van der Waals surface area contributed by atoms with Gasteiger partial charge in [0.15, 0.2) is 0 Å². The van der Waals surface area contributed by atoms with E-state index in [2.05, 4.69) is 30.1 Å². The summed E-state index contributed by atoms with van der Waals surface area (Å²) < 4.78 is 24.3. The standard InChI is InChI=1S/C9H11BrO3.C4H10O3/c1-12-6-13-5-7-2-3-9(11)8(10)4-7;1-5-3-7-4-6-2/h2-4,11H,5-6H2,1H3;3-4H2,1-2H3. The van der Waals surface area contributed by atoms with Gasteiger partial charge in [-0.25, -0.2) is 0 Å². The van der Waals surface area contributed by atoms with E-state index in [4.69, 9.17) is 9.47 Å². The van der Waals surface area contributed by atoms with Crippen molar-refractivity contribution in [2.24, 2.45) is 0 Å². The largest absolute Gasteiger partial charge is 0.507 e. The molecule has 20 heavy (non-hydrogen) atoms. The molecule has 7 heteroatoms. The zero-order valence-corrected chi connectivity index (χ0v) is 13.5. The summed E-state index contributed by atoms with van der Waals surface area (Å²) in [5.74, 6) is 0.232. The van der Waals surface area contributed by atoms with E-state index in [1.807, 2.05) is 6.07 Å². The Morgan fingerprint density at radius 1 is 0.950 bits per heavy atom. The van der Waals surface area contributed by atoms with Crippen LogP contribution in [0.2, 0.25) is 0 Å². The molecule has 0 bridgehead atoms. The van der Waals surface area contributed by atoms with Crippen molar-refractivity contribution in [3.05, 3.63) is 28.2 Å². The molecule has 0 atom stereocenters. The number of hydrogen-bond acceptors (Lipinski definition) is 6. The smallest absolute Gasteiger partial charge is 0.149 e. The summed E-state index contributed by atoms with van der Waals surface area (Å²) >= 11 is 3.22. The molecular formula is C13H21BrO6. The fourth-order valence-corrected chi connectivity index (χ4v) is 1.51. The minimum Gasteiger partial charge on any atom is -0.507 e. The van der Waals surface area contributed by atoms with Crippen molar-refractivity contribution in [3.63, 3.8) is 0 Å². The summed E-state index contributed by atoms with van der Waals surface area (Å²) in [4.78, 5) is 0. The molecule has 0 heterocycles. The van der Waals surface area contributed by atoms with Crippen LogP contribution in [0.3, 0.4) is 0 Å². The molecule has 116 valence electrons. The van der Waals surface area contributed by atoms with Crippen molar-refractivity contribution in [1.82, 2.24) is 0 Å². The van der Waals surface area contributed by atoms with E-state index in [-0.39, 0.29) is 12.5 Å². The number of phenolic OH excluding ortho intramolecular Hbond substituents is 1. The Kier molecular flexibility index (Phi) is 12.8. The Labute approximate surface area is 127 Å². The lowest BCUT2D eigenvalue weighted by Gasteiger charge is -2.04. The Morgan fingerprint density at radius 2 is 1.50 bits per heavy atom. The summed E-state index contributed by atoms with van der Waals surface area (Å²) in [6, 6.07) is 5.23. The van der Waals surface area contributed by atoms with Gasteiger partial charge in [-0.2, -0.15) is 0 Å². The third kappa shape index (κ3) is 10.1. The topological polar surface area (TPSA) is 66.4 Å². The monoisotopic (exact) mass is 352 g/mol. The summed E-state index contributed by atoms with van der Waals surface area (Å²) in [5, 5.41) is 9.20. The zero-order chi connectivity index (χ0) is 15.2. The molecule has 0 spiro atoms. The first-order chi connectivity index (χ1) is 9.65. The molecule has 0 saturated carbocycles. The van der Waals surface area contributed by atoms with Gasteiger partial charge in [-0.05, 0) is 33.6 Å². The highest BCUT2D eigenvalue weighted by atomic mass is 79.9. The quantitative estimate of drug-likeness (QED) is 0.572. The van der Waals surface area contributed by atoms with E-state index < -0.39 is 0 Å². The average molecular weight is 353 g/mol. The highest BCUT2D eigenvalue weighted by molar-refractivity contribution is 9.10. The minimum atomic E-state index is 0.232. The molecule has 0 saturated heterocycles. The molecule has 0 amide bonds. The molecule has 1 aromatic rings. The number of ether oxygens (including phenoxy) is 5. The maximum Gasteiger partial charge on any atom is 0.149 e. The van der Waals surface area contributed by atoms with Gasteiger partial charge >= 0.3 is 0 Å². The Morgan fingerprint density at radius 3 is 2.00 bits per heavy atom. The molecule has 0 unspecified atom stereocenters. The third-order valence-electron chi connectivity index (χ3n) is 1.88. The van der Waals surface area contributed by atoms with Crippen LogP contribution in [0.1, 0.15) is 5.56 Å². The second kappa shape index (κ2) is 13.3. The molecule has 1 rings (SSSR count). The highest BCUT2D eigenvalue weighted by Gasteiger charge is 1.99. The van der Waals surface area contributed by atoms with Crippen molar-refractivity contribution < 1.29 is 28.8 Å². The molecule has 0 aliphatic rings. The van der Waals surface area contributed by atoms with E-state index in [1.54, 1.807) is 33.5 Å². The first-order valence-corrected chi connectivity index (χ1v) is 6.54. The first kappa shape index (κ1) is 19.3. The molecule has 6 nitrogen and oxygen atoms in total. The predicted molar refractivity (Wildman–Crippen MR) is 77.3 cm³/mol. The lowest BCUT2D eigenvalue weighted by molar-refractivity contribution is -0.107. The number of benzene rings is 1. The van der Waals surface area contributed by atoms with Crippen LogP contribution in [0, 0.1) is 0 Å². The van der Waals surface area contributed by atoms with Crippen LogP contribution in [0.4, 0.5) is 0 Å².